The molecule has 3 atom stereocenters. The molecule has 138 valence electrons. The van der Waals surface area contributed by atoms with Gasteiger partial charge in [0.05, 0.1) is 11.8 Å². The van der Waals surface area contributed by atoms with Gasteiger partial charge in [-0.1, -0.05) is 24.3 Å². The van der Waals surface area contributed by atoms with Crippen LogP contribution >= 0.6 is 0 Å². The van der Waals surface area contributed by atoms with Crippen LogP contribution in [0.1, 0.15) is 47.4 Å². The average molecular weight is 352 g/mol. The van der Waals surface area contributed by atoms with Gasteiger partial charge in [-0.05, 0) is 44.9 Å². The summed E-state index contributed by atoms with van der Waals surface area (Å²) in [7, 11) is 2.22. The van der Waals surface area contributed by atoms with Crippen LogP contribution in [0.5, 0.6) is 0 Å². The molecule has 2 aromatic rings. The highest BCUT2D eigenvalue weighted by atomic mass is 16.2. The average Bonchev–Trinajstić information content (AvgIpc) is 3.29. The van der Waals surface area contributed by atoms with Crippen molar-refractivity contribution in [3.63, 3.8) is 0 Å². The number of likely N-dealkylation sites (tertiary alicyclic amines) is 2. The molecule has 26 heavy (non-hydrogen) atoms. The van der Waals surface area contributed by atoms with Crippen LogP contribution in [-0.4, -0.2) is 52.2 Å². The Morgan fingerprint density at radius 3 is 2.65 bits per heavy atom. The minimum Gasteiger partial charge on any atom is -0.338 e. The number of hydrogen-bond acceptors (Lipinski definition) is 3. The fourth-order valence-corrected chi connectivity index (χ4v) is 4.72. The second-order valence-corrected chi connectivity index (χ2v) is 8.18. The van der Waals surface area contributed by atoms with Crippen molar-refractivity contribution in [3.05, 3.63) is 53.3 Å². The van der Waals surface area contributed by atoms with E-state index in [0.717, 1.165) is 19.6 Å². The van der Waals surface area contributed by atoms with E-state index in [2.05, 4.69) is 62.1 Å². The third-order valence-corrected chi connectivity index (χ3v) is 6.07. The van der Waals surface area contributed by atoms with Gasteiger partial charge in [0.2, 0.25) is 0 Å². The molecule has 5 nitrogen and oxygen atoms in total. The first-order valence-corrected chi connectivity index (χ1v) is 9.55. The lowest BCUT2D eigenvalue weighted by atomic mass is 9.88. The molecule has 0 N–H and O–H groups in total. The number of nitrogens with zero attached hydrogens (tertiary/aromatic N) is 4. The van der Waals surface area contributed by atoms with E-state index in [1.54, 1.807) is 6.20 Å². The van der Waals surface area contributed by atoms with Crippen molar-refractivity contribution in [3.8, 4) is 0 Å². The standard InChI is InChI=1S/C21H28N4O/c1-14(2)25-12-16(9-22-25)21(26)24-11-17-10-23(4)20(19(17)13-24)18-8-6-5-7-15(18)3/h5-9,12,14,17,19-20H,10-11,13H2,1-4H3/t17-,19+,20-/m0/s1. The summed E-state index contributed by atoms with van der Waals surface area (Å²) in [6.07, 6.45) is 3.59. The van der Waals surface area contributed by atoms with Gasteiger partial charge in [-0.3, -0.25) is 14.4 Å². The maximum absolute atomic E-state index is 13.0. The largest absolute Gasteiger partial charge is 0.338 e. The number of amides is 1. The first-order valence-electron chi connectivity index (χ1n) is 9.55. The van der Waals surface area contributed by atoms with E-state index in [-0.39, 0.29) is 11.9 Å². The number of hydrogen-bond donors (Lipinski definition) is 0. The maximum Gasteiger partial charge on any atom is 0.257 e. The van der Waals surface area contributed by atoms with Gasteiger partial charge >= 0.3 is 0 Å². The van der Waals surface area contributed by atoms with Gasteiger partial charge in [0, 0.05) is 43.8 Å². The third kappa shape index (κ3) is 2.84. The van der Waals surface area contributed by atoms with Gasteiger partial charge in [0.25, 0.3) is 5.91 Å². The van der Waals surface area contributed by atoms with Crippen molar-refractivity contribution in [2.75, 3.05) is 26.7 Å². The van der Waals surface area contributed by atoms with Crippen LogP contribution < -0.4 is 0 Å². The molecule has 5 heteroatoms. The number of carbonyl (C=O) groups excluding carboxylic acids is 1. The van der Waals surface area contributed by atoms with E-state index in [9.17, 15) is 4.79 Å². The molecule has 1 amide bonds. The van der Waals surface area contributed by atoms with Crippen molar-refractivity contribution in [1.29, 1.82) is 0 Å². The minimum atomic E-state index is 0.123. The highest BCUT2D eigenvalue weighted by molar-refractivity contribution is 5.94. The van der Waals surface area contributed by atoms with Crippen molar-refractivity contribution < 1.29 is 4.79 Å². The minimum absolute atomic E-state index is 0.123. The molecular weight excluding hydrogens is 324 g/mol. The highest BCUT2D eigenvalue weighted by Crippen LogP contribution is 2.45. The zero-order chi connectivity index (χ0) is 18.4. The zero-order valence-corrected chi connectivity index (χ0v) is 16.1. The van der Waals surface area contributed by atoms with Gasteiger partial charge in [0.1, 0.15) is 0 Å². The van der Waals surface area contributed by atoms with E-state index < -0.39 is 0 Å². The quantitative estimate of drug-likeness (QED) is 0.852. The molecule has 2 saturated heterocycles. The van der Waals surface area contributed by atoms with Crippen LogP contribution in [0.2, 0.25) is 0 Å². The molecule has 1 aromatic heterocycles. The van der Waals surface area contributed by atoms with Crippen LogP contribution in [0, 0.1) is 18.8 Å². The monoisotopic (exact) mass is 352 g/mol. The first kappa shape index (κ1) is 17.3. The van der Waals surface area contributed by atoms with E-state index in [1.807, 2.05) is 15.8 Å². The SMILES string of the molecule is Cc1ccccc1[C@H]1[C@@H]2CN(C(=O)c3cnn(C(C)C)c3)C[C@@H]2CN1C. The topological polar surface area (TPSA) is 41.4 Å². The summed E-state index contributed by atoms with van der Waals surface area (Å²) < 4.78 is 1.86. The summed E-state index contributed by atoms with van der Waals surface area (Å²) in [5, 5.41) is 4.33. The summed E-state index contributed by atoms with van der Waals surface area (Å²) in [6.45, 7) is 9.07. The Hall–Kier alpha value is -2.14. The number of aryl methyl sites for hydroxylation is 1. The predicted octanol–water partition coefficient (Wildman–Crippen LogP) is 3.15. The Kier molecular flexibility index (Phi) is 4.35. The lowest BCUT2D eigenvalue weighted by Gasteiger charge is -2.28. The molecule has 2 aliphatic heterocycles. The molecule has 0 saturated carbocycles. The van der Waals surface area contributed by atoms with Crippen molar-refractivity contribution in [2.24, 2.45) is 11.8 Å². The Balaban J connectivity index is 1.54. The Morgan fingerprint density at radius 1 is 1.19 bits per heavy atom. The summed E-state index contributed by atoms with van der Waals surface area (Å²) in [5.41, 5.74) is 3.46. The zero-order valence-electron chi connectivity index (χ0n) is 16.1. The molecule has 0 bridgehead atoms. The molecule has 0 spiro atoms. The molecule has 3 heterocycles. The van der Waals surface area contributed by atoms with Crippen LogP contribution in [0.4, 0.5) is 0 Å². The fourth-order valence-electron chi connectivity index (χ4n) is 4.72. The molecule has 0 unspecified atom stereocenters. The van der Waals surface area contributed by atoms with Gasteiger partial charge < -0.3 is 4.90 Å². The number of carbonyl (C=O) groups is 1. The van der Waals surface area contributed by atoms with Crippen LogP contribution in [-0.2, 0) is 0 Å². The molecule has 0 radical (unpaired) electrons. The molecule has 4 rings (SSSR count). The van der Waals surface area contributed by atoms with Crippen molar-refractivity contribution >= 4 is 5.91 Å². The number of rotatable bonds is 3. The normalized spacial score (nSPS) is 25.9. The summed E-state index contributed by atoms with van der Waals surface area (Å²) in [5.74, 6) is 1.18. The number of aromatic nitrogens is 2. The molecule has 2 fully saturated rings. The van der Waals surface area contributed by atoms with E-state index in [1.165, 1.54) is 11.1 Å². The molecule has 0 aliphatic carbocycles. The van der Waals surface area contributed by atoms with Crippen molar-refractivity contribution in [1.82, 2.24) is 19.6 Å². The Labute approximate surface area is 155 Å². The Morgan fingerprint density at radius 2 is 1.96 bits per heavy atom. The summed E-state index contributed by atoms with van der Waals surface area (Å²) in [4.78, 5) is 17.5. The van der Waals surface area contributed by atoms with Gasteiger partial charge in [0.15, 0.2) is 0 Å². The van der Waals surface area contributed by atoms with E-state index >= 15 is 0 Å². The smallest absolute Gasteiger partial charge is 0.257 e. The number of benzene rings is 1. The second-order valence-electron chi connectivity index (χ2n) is 8.18. The molecular formula is C21H28N4O. The van der Waals surface area contributed by atoms with E-state index in [4.69, 9.17) is 0 Å². The third-order valence-electron chi connectivity index (χ3n) is 6.07. The summed E-state index contributed by atoms with van der Waals surface area (Å²) >= 11 is 0. The predicted molar refractivity (Wildman–Crippen MR) is 102 cm³/mol. The second kappa shape index (κ2) is 6.54. The van der Waals surface area contributed by atoms with Gasteiger partial charge in [-0.2, -0.15) is 5.10 Å². The first-order chi connectivity index (χ1) is 12.5. The van der Waals surface area contributed by atoms with E-state index in [0.29, 0.717) is 23.4 Å². The summed E-state index contributed by atoms with van der Waals surface area (Å²) in [6, 6.07) is 9.33. The van der Waals surface area contributed by atoms with Crippen molar-refractivity contribution in [2.45, 2.75) is 32.9 Å². The molecule has 1 aromatic carbocycles. The van der Waals surface area contributed by atoms with Crippen LogP contribution in [0.3, 0.4) is 0 Å². The number of fused-ring (bicyclic) bond motifs is 1. The Bertz CT molecular complexity index is 812. The lowest BCUT2D eigenvalue weighted by Crippen LogP contribution is -2.33. The lowest BCUT2D eigenvalue weighted by molar-refractivity contribution is 0.0767. The fraction of sp³-hybridized carbons (Fsp3) is 0.524. The van der Waals surface area contributed by atoms with Gasteiger partial charge in [-0.25, -0.2) is 0 Å². The van der Waals surface area contributed by atoms with Crippen LogP contribution in [0.15, 0.2) is 36.7 Å². The molecule has 2 aliphatic rings. The van der Waals surface area contributed by atoms with Crippen LogP contribution in [0.25, 0.3) is 0 Å². The maximum atomic E-state index is 13.0. The highest BCUT2D eigenvalue weighted by Gasteiger charge is 2.47. The van der Waals surface area contributed by atoms with Gasteiger partial charge in [-0.15, -0.1) is 0 Å².